The summed E-state index contributed by atoms with van der Waals surface area (Å²) < 4.78 is 5.24. The third-order valence-corrected chi connectivity index (χ3v) is 2.43. The van der Waals surface area contributed by atoms with Crippen LogP contribution in [0.15, 0.2) is 36.4 Å². The second-order valence-corrected chi connectivity index (χ2v) is 3.26. The van der Waals surface area contributed by atoms with Gasteiger partial charge in [0.25, 0.3) is 0 Å². The Morgan fingerprint density at radius 1 is 1.21 bits per heavy atom. The lowest BCUT2D eigenvalue weighted by Crippen LogP contribution is -1.88. The fourth-order valence-electron chi connectivity index (χ4n) is 1.68. The molecule has 0 atom stereocenters. The van der Waals surface area contributed by atoms with Crippen molar-refractivity contribution in [1.82, 2.24) is 0 Å². The maximum atomic E-state index is 5.24. The molecule has 0 fully saturated rings. The van der Waals surface area contributed by atoms with Crippen LogP contribution in [0.2, 0.25) is 0 Å². The van der Waals surface area contributed by atoms with Gasteiger partial charge in [-0.25, -0.2) is 0 Å². The van der Waals surface area contributed by atoms with Crippen molar-refractivity contribution >= 4 is 10.8 Å². The zero-order valence-electron chi connectivity index (χ0n) is 8.29. The van der Waals surface area contributed by atoms with Gasteiger partial charge < -0.3 is 4.74 Å². The summed E-state index contributed by atoms with van der Waals surface area (Å²) in [4.78, 5) is 0. The average Bonchev–Trinajstić information content (AvgIpc) is 2.27. The van der Waals surface area contributed by atoms with Gasteiger partial charge >= 0.3 is 0 Å². The zero-order valence-corrected chi connectivity index (χ0v) is 8.29. The molecular formula is C13H13O. The lowest BCUT2D eigenvalue weighted by Gasteiger charge is -2.07. The van der Waals surface area contributed by atoms with E-state index < -0.39 is 0 Å². The molecule has 0 aliphatic carbocycles. The zero-order chi connectivity index (χ0) is 9.97. The number of fused-ring (bicyclic) bond motifs is 1. The number of benzene rings is 2. The van der Waals surface area contributed by atoms with Crippen molar-refractivity contribution in [1.29, 1.82) is 0 Å². The van der Waals surface area contributed by atoms with Crippen molar-refractivity contribution in [3.8, 4) is 5.75 Å². The van der Waals surface area contributed by atoms with E-state index in [1.807, 2.05) is 12.1 Å². The molecule has 71 valence electrons. The molecule has 14 heavy (non-hydrogen) atoms. The molecule has 2 aromatic carbocycles. The minimum atomic E-state index is 0.789. The molecule has 2 rings (SSSR count). The van der Waals surface area contributed by atoms with Crippen LogP contribution in [0, 0.1) is 6.92 Å². The quantitative estimate of drug-likeness (QED) is 0.698. The molecule has 0 bridgehead atoms. The minimum Gasteiger partial charge on any atom is -0.497 e. The Morgan fingerprint density at radius 2 is 2.00 bits per heavy atom. The Labute approximate surface area is 84.3 Å². The van der Waals surface area contributed by atoms with E-state index in [1.54, 1.807) is 7.11 Å². The average molecular weight is 185 g/mol. The number of hydrogen-bond donors (Lipinski definition) is 0. The first-order valence-electron chi connectivity index (χ1n) is 4.70. The van der Waals surface area contributed by atoms with Gasteiger partial charge in [0.05, 0.1) is 7.11 Å². The normalized spacial score (nSPS) is 10.4. The molecule has 0 heterocycles. The Balaban J connectivity index is 2.73. The highest BCUT2D eigenvalue weighted by Crippen LogP contribution is 2.25. The summed E-state index contributed by atoms with van der Waals surface area (Å²) in [6, 6.07) is 12.4. The van der Waals surface area contributed by atoms with Gasteiger partial charge in [-0.15, -0.1) is 0 Å². The van der Waals surface area contributed by atoms with Gasteiger partial charge in [0.2, 0.25) is 0 Å². The van der Waals surface area contributed by atoms with Crippen molar-refractivity contribution < 1.29 is 4.74 Å². The van der Waals surface area contributed by atoms with Crippen molar-refractivity contribution in [2.24, 2.45) is 0 Å². The Morgan fingerprint density at radius 3 is 2.71 bits per heavy atom. The van der Waals surface area contributed by atoms with Gasteiger partial charge in [-0.05, 0) is 41.8 Å². The highest BCUT2D eigenvalue weighted by Gasteiger charge is 2.01. The van der Waals surface area contributed by atoms with Crippen LogP contribution >= 0.6 is 0 Å². The summed E-state index contributed by atoms with van der Waals surface area (Å²) in [5, 5.41) is 2.48. The standard InChI is InChI=1S/C13H13O/c1-3-10-8-12(14-2)9-11-6-4-5-7-13(10)11/h4-9H,1,3H2,2H3. The topological polar surface area (TPSA) is 9.23 Å². The molecule has 0 aliphatic heterocycles. The molecule has 0 saturated heterocycles. The minimum absolute atomic E-state index is 0.789. The van der Waals surface area contributed by atoms with Crippen LogP contribution in [0.5, 0.6) is 5.75 Å². The van der Waals surface area contributed by atoms with Crippen molar-refractivity contribution in [2.45, 2.75) is 6.42 Å². The van der Waals surface area contributed by atoms with Crippen LogP contribution < -0.4 is 4.74 Å². The van der Waals surface area contributed by atoms with E-state index in [1.165, 1.54) is 16.3 Å². The van der Waals surface area contributed by atoms with Crippen LogP contribution in [0.25, 0.3) is 10.8 Å². The SMILES string of the molecule is [CH2]Cc1cc(OC)cc2ccccc12. The molecule has 0 aliphatic rings. The molecule has 1 radical (unpaired) electrons. The van der Waals surface area contributed by atoms with Gasteiger partial charge in [-0.1, -0.05) is 24.3 Å². The number of ether oxygens (including phenoxy) is 1. The third-order valence-electron chi connectivity index (χ3n) is 2.43. The van der Waals surface area contributed by atoms with Crippen LogP contribution in [0.4, 0.5) is 0 Å². The van der Waals surface area contributed by atoms with Crippen LogP contribution in [0.1, 0.15) is 5.56 Å². The van der Waals surface area contributed by atoms with Gasteiger partial charge in [0.15, 0.2) is 0 Å². The van der Waals surface area contributed by atoms with E-state index in [0.29, 0.717) is 0 Å². The van der Waals surface area contributed by atoms with E-state index in [0.717, 1.165) is 12.2 Å². The summed E-state index contributed by atoms with van der Waals surface area (Å²) in [7, 11) is 1.69. The Hall–Kier alpha value is -1.50. The number of methoxy groups -OCH3 is 1. The monoisotopic (exact) mass is 185 g/mol. The van der Waals surface area contributed by atoms with Gasteiger partial charge in [-0.3, -0.25) is 0 Å². The van der Waals surface area contributed by atoms with Gasteiger partial charge in [0.1, 0.15) is 5.75 Å². The molecule has 0 saturated carbocycles. The van der Waals surface area contributed by atoms with Gasteiger partial charge in [0, 0.05) is 0 Å². The molecule has 1 nitrogen and oxygen atoms in total. The van der Waals surface area contributed by atoms with E-state index in [9.17, 15) is 0 Å². The number of hydrogen-bond acceptors (Lipinski definition) is 1. The highest BCUT2D eigenvalue weighted by atomic mass is 16.5. The molecule has 2 aromatic rings. The lowest BCUT2D eigenvalue weighted by atomic mass is 10.0. The predicted molar refractivity (Wildman–Crippen MR) is 59.6 cm³/mol. The Bertz CT molecular complexity index is 446. The first kappa shape index (κ1) is 9.07. The molecule has 0 amide bonds. The van der Waals surface area contributed by atoms with E-state index in [2.05, 4.69) is 31.2 Å². The fraction of sp³-hybridized carbons (Fsp3) is 0.154. The van der Waals surface area contributed by atoms with Crippen LogP contribution in [-0.4, -0.2) is 7.11 Å². The second kappa shape index (κ2) is 3.70. The smallest absolute Gasteiger partial charge is 0.119 e. The molecule has 0 spiro atoms. The van der Waals surface area contributed by atoms with E-state index in [-0.39, 0.29) is 0 Å². The maximum Gasteiger partial charge on any atom is 0.119 e. The van der Waals surface area contributed by atoms with Gasteiger partial charge in [-0.2, -0.15) is 0 Å². The summed E-state index contributed by atoms with van der Waals surface area (Å²) in [6.45, 7) is 3.93. The largest absolute Gasteiger partial charge is 0.497 e. The van der Waals surface area contributed by atoms with E-state index >= 15 is 0 Å². The van der Waals surface area contributed by atoms with Crippen molar-refractivity contribution in [2.75, 3.05) is 7.11 Å². The summed E-state index contributed by atoms with van der Waals surface area (Å²) in [6.07, 6.45) is 0.789. The van der Waals surface area contributed by atoms with Crippen molar-refractivity contribution in [3.05, 3.63) is 48.9 Å². The summed E-state index contributed by atoms with van der Waals surface area (Å²) >= 11 is 0. The fourth-order valence-corrected chi connectivity index (χ4v) is 1.68. The molecule has 0 aromatic heterocycles. The summed E-state index contributed by atoms with van der Waals surface area (Å²) in [5.74, 6) is 0.905. The molecule has 0 N–H and O–H groups in total. The molecule has 0 unspecified atom stereocenters. The van der Waals surface area contributed by atoms with E-state index in [4.69, 9.17) is 4.74 Å². The van der Waals surface area contributed by atoms with Crippen molar-refractivity contribution in [3.63, 3.8) is 0 Å². The highest BCUT2D eigenvalue weighted by molar-refractivity contribution is 5.87. The molecular weight excluding hydrogens is 172 g/mol. The van der Waals surface area contributed by atoms with Crippen LogP contribution in [-0.2, 0) is 6.42 Å². The second-order valence-electron chi connectivity index (χ2n) is 3.26. The predicted octanol–water partition coefficient (Wildman–Crippen LogP) is 3.22. The number of rotatable bonds is 2. The Kier molecular flexibility index (Phi) is 2.40. The molecule has 1 heteroatoms. The lowest BCUT2D eigenvalue weighted by molar-refractivity contribution is 0.415. The first-order valence-corrected chi connectivity index (χ1v) is 4.70. The first-order chi connectivity index (χ1) is 6.85. The summed E-state index contributed by atoms with van der Waals surface area (Å²) in [5.41, 5.74) is 1.24. The third kappa shape index (κ3) is 1.46. The van der Waals surface area contributed by atoms with Crippen LogP contribution in [0.3, 0.4) is 0 Å². The maximum absolute atomic E-state index is 5.24.